The SMILES string of the molecule is NC(=O)C1CCN(c2ccc3cc([N+](=O)[O-])ccc3n2)C1. The second-order valence-electron chi connectivity index (χ2n) is 5.14. The molecule has 1 fully saturated rings. The zero-order chi connectivity index (χ0) is 15.0. The topological polar surface area (TPSA) is 102 Å². The Kier molecular flexibility index (Phi) is 3.17. The number of aromatic nitrogens is 1. The van der Waals surface area contributed by atoms with Gasteiger partial charge in [-0.25, -0.2) is 4.98 Å². The van der Waals surface area contributed by atoms with Crippen LogP contribution in [0.3, 0.4) is 0 Å². The predicted molar refractivity (Wildman–Crippen MR) is 77.9 cm³/mol. The van der Waals surface area contributed by atoms with Crippen molar-refractivity contribution in [1.29, 1.82) is 0 Å². The average molecular weight is 286 g/mol. The minimum atomic E-state index is -0.425. The predicted octanol–water partition coefficient (Wildman–Crippen LogP) is 1.45. The largest absolute Gasteiger partial charge is 0.369 e. The van der Waals surface area contributed by atoms with Gasteiger partial charge in [0.25, 0.3) is 5.69 Å². The van der Waals surface area contributed by atoms with Gasteiger partial charge in [0.2, 0.25) is 5.91 Å². The number of benzene rings is 1. The summed E-state index contributed by atoms with van der Waals surface area (Å²) in [5, 5.41) is 11.5. The number of primary amides is 1. The van der Waals surface area contributed by atoms with Crippen molar-refractivity contribution in [3.63, 3.8) is 0 Å². The fraction of sp³-hybridized carbons (Fsp3) is 0.286. The Morgan fingerprint density at radius 3 is 2.86 bits per heavy atom. The molecule has 108 valence electrons. The maximum atomic E-state index is 11.2. The molecule has 1 aliphatic heterocycles. The highest BCUT2D eigenvalue weighted by molar-refractivity contribution is 5.83. The lowest BCUT2D eigenvalue weighted by Gasteiger charge is -2.17. The van der Waals surface area contributed by atoms with E-state index in [9.17, 15) is 14.9 Å². The molecule has 1 aromatic carbocycles. The number of nitrogens with two attached hydrogens (primary N) is 1. The molecule has 1 aromatic heterocycles. The molecular weight excluding hydrogens is 272 g/mol. The fourth-order valence-electron chi connectivity index (χ4n) is 2.59. The first-order chi connectivity index (χ1) is 10.0. The van der Waals surface area contributed by atoms with E-state index < -0.39 is 4.92 Å². The first-order valence-electron chi connectivity index (χ1n) is 6.64. The molecule has 2 aromatic rings. The van der Waals surface area contributed by atoms with E-state index in [1.54, 1.807) is 6.07 Å². The smallest absolute Gasteiger partial charge is 0.270 e. The number of rotatable bonds is 3. The number of carbonyl (C=O) groups is 1. The van der Waals surface area contributed by atoms with Gasteiger partial charge in [-0.2, -0.15) is 0 Å². The van der Waals surface area contributed by atoms with Crippen molar-refractivity contribution in [1.82, 2.24) is 4.98 Å². The Morgan fingerprint density at radius 1 is 1.38 bits per heavy atom. The van der Waals surface area contributed by atoms with Crippen molar-refractivity contribution < 1.29 is 9.72 Å². The van der Waals surface area contributed by atoms with E-state index in [4.69, 9.17) is 5.73 Å². The number of amides is 1. The van der Waals surface area contributed by atoms with E-state index in [2.05, 4.69) is 4.98 Å². The molecule has 2 heterocycles. The van der Waals surface area contributed by atoms with Crippen molar-refractivity contribution in [3.8, 4) is 0 Å². The summed E-state index contributed by atoms with van der Waals surface area (Å²) < 4.78 is 0. The van der Waals surface area contributed by atoms with Gasteiger partial charge in [-0.1, -0.05) is 0 Å². The molecule has 1 unspecified atom stereocenters. The number of nitro groups is 1. The molecule has 7 nitrogen and oxygen atoms in total. The summed E-state index contributed by atoms with van der Waals surface area (Å²) in [5.74, 6) is 0.341. The number of non-ortho nitro benzene ring substituents is 1. The second kappa shape index (κ2) is 5.01. The monoisotopic (exact) mass is 286 g/mol. The van der Waals surface area contributed by atoms with Crippen molar-refractivity contribution in [2.24, 2.45) is 11.7 Å². The zero-order valence-corrected chi connectivity index (χ0v) is 11.2. The van der Waals surface area contributed by atoms with Crippen LogP contribution in [0.15, 0.2) is 30.3 Å². The number of pyridine rings is 1. The van der Waals surface area contributed by atoms with E-state index in [-0.39, 0.29) is 17.5 Å². The van der Waals surface area contributed by atoms with Gasteiger partial charge in [0.1, 0.15) is 5.82 Å². The number of fused-ring (bicyclic) bond motifs is 1. The summed E-state index contributed by atoms with van der Waals surface area (Å²) in [7, 11) is 0. The summed E-state index contributed by atoms with van der Waals surface area (Å²) in [5.41, 5.74) is 6.07. The number of nitrogens with zero attached hydrogens (tertiary/aromatic N) is 3. The van der Waals surface area contributed by atoms with Crippen molar-refractivity contribution in [3.05, 3.63) is 40.4 Å². The van der Waals surface area contributed by atoms with E-state index in [1.165, 1.54) is 12.1 Å². The molecule has 1 amide bonds. The molecule has 2 N–H and O–H groups in total. The number of anilines is 1. The van der Waals surface area contributed by atoms with Crippen LogP contribution in [0.5, 0.6) is 0 Å². The third-order valence-corrected chi connectivity index (χ3v) is 3.78. The van der Waals surface area contributed by atoms with Gasteiger partial charge >= 0.3 is 0 Å². The number of hydrogen-bond donors (Lipinski definition) is 1. The van der Waals surface area contributed by atoms with Crippen LogP contribution in [0.2, 0.25) is 0 Å². The molecule has 7 heteroatoms. The molecule has 0 radical (unpaired) electrons. The lowest BCUT2D eigenvalue weighted by Crippen LogP contribution is -2.27. The van der Waals surface area contributed by atoms with Gasteiger partial charge in [-0.05, 0) is 24.6 Å². The molecule has 0 aliphatic carbocycles. The molecular formula is C14H14N4O3. The molecule has 21 heavy (non-hydrogen) atoms. The van der Waals surface area contributed by atoms with E-state index in [1.807, 2.05) is 17.0 Å². The molecule has 1 saturated heterocycles. The van der Waals surface area contributed by atoms with E-state index in [0.717, 1.165) is 24.2 Å². The van der Waals surface area contributed by atoms with Crippen LogP contribution in [0.25, 0.3) is 10.9 Å². The Hall–Kier alpha value is -2.70. The minimum absolute atomic E-state index is 0.0482. The van der Waals surface area contributed by atoms with Gasteiger partial charge < -0.3 is 10.6 Å². The Bertz CT molecular complexity index is 731. The van der Waals surface area contributed by atoms with Crippen LogP contribution in [-0.4, -0.2) is 28.9 Å². The average Bonchev–Trinajstić information content (AvgIpc) is 2.96. The molecule has 0 spiro atoms. The van der Waals surface area contributed by atoms with Gasteiger partial charge in [0, 0.05) is 30.6 Å². The molecule has 3 rings (SSSR count). The quantitative estimate of drug-likeness (QED) is 0.679. The maximum absolute atomic E-state index is 11.2. The Balaban J connectivity index is 1.90. The highest BCUT2D eigenvalue weighted by Gasteiger charge is 2.27. The van der Waals surface area contributed by atoms with E-state index in [0.29, 0.717) is 12.1 Å². The van der Waals surface area contributed by atoms with Crippen LogP contribution in [-0.2, 0) is 4.79 Å². The van der Waals surface area contributed by atoms with E-state index >= 15 is 0 Å². The van der Waals surface area contributed by atoms with Crippen LogP contribution in [0.4, 0.5) is 11.5 Å². The maximum Gasteiger partial charge on any atom is 0.270 e. The summed E-state index contributed by atoms with van der Waals surface area (Å²) in [6.45, 7) is 1.31. The Labute approximate surface area is 120 Å². The molecule has 1 aliphatic rings. The summed E-state index contributed by atoms with van der Waals surface area (Å²) in [4.78, 5) is 28.0. The van der Waals surface area contributed by atoms with Gasteiger partial charge in [-0.15, -0.1) is 0 Å². The normalized spacial score (nSPS) is 18.1. The lowest BCUT2D eigenvalue weighted by molar-refractivity contribution is -0.384. The van der Waals surface area contributed by atoms with Crippen LogP contribution in [0.1, 0.15) is 6.42 Å². The highest BCUT2D eigenvalue weighted by atomic mass is 16.6. The third-order valence-electron chi connectivity index (χ3n) is 3.78. The molecule has 0 bridgehead atoms. The third kappa shape index (κ3) is 2.49. The standard InChI is InChI=1S/C14H14N4O3/c15-14(19)10-5-6-17(8-10)13-4-1-9-7-11(18(20)21)2-3-12(9)16-13/h1-4,7,10H,5-6,8H2,(H2,15,19). The summed E-state index contributed by atoms with van der Waals surface area (Å²) >= 11 is 0. The number of hydrogen-bond acceptors (Lipinski definition) is 5. The van der Waals surface area contributed by atoms with Crippen molar-refractivity contribution in [2.45, 2.75) is 6.42 Å². The van der Waals surface area contributed by atoms with Gasteiger partial charge in [0.05, 0.1) is 16.4 Å². The Morgan fingerprint density at radius 2 is 2.19 bits per heavy atom. The van der Waals surface area contributed by atoms with Crippen LogP contribution < -0.4 is 10.6 Å². The first-order valence-corrected chi connectivity index (χ1v) is 6.64. The summed E-state index contributed by atoms with van der Waals surface area (Å²) in [6.07, 6.45) is 0.731. The molecule has 1 atom stereocenters. The highest BCUT2D eigenvalue weighted by Crippen LogP contribution is 2.26. The fourth-order valence-corrected chi connectivity index (χ4v) is 2.59. The van der Waals surface area contributed by atoms with Crippen LogP contribution in [0, 0.1) is 16.0 Å². The second-order valence-corrected chi connectivity index (χ2v) is 5.14. The van der Waals surface area contributed by atoms with Crippen molar-refractivity contribution in [2.75, 3.05) is 18.0 Å². The van der Waals surface area contributed by atoms with Gasteiger partial charge in [0.15, 0.2) is 0 Å². The summed E-state index contributed by atoms with van der Waals surface area (Å²) in [6, 6.07) is 8.20. The lowest BCUT2D eigenvalue weighted by atomic mass is 10.1. The first kappa shape index (κ1) is 13.3. The van der Waals surface area contributed by atoms with Crippen LogP contribution >= 0.6 is 0 Å². The number of nitro benzene ring substituents is 1. The molecule has 0 saturated carbocycles. The number of carbonyl (C=O) groups excluding carboxylic acids is 1. The van der Waals surface area contributed by atoms with Crippen molar-refractivity contribution >= 4 is 28.3 Å². The minimum Gasteiger partial charge on any atom is -0.369 e. The zero-order valence-electron chi connectivity index (χ0n) is 11.2. The van der Waals surface area contributed by atoms with Gasteiger partial charge in [-0.3, -0.25) is 14.9 Å².